The molecule has 0 aliphatic carbocycles. The van der Waals surface area contributed by atoms with Crippen LogP contribution in [0.2, 0.25) is 0 Å². The molecule has 0 fully saturated rings. The zero-order valence-electron chi connectivity index (χ0n) is 11.8. The number of nitrogens with two attached hydrogens (primary N) is 1. The third kappa shape index (κ3) is 3.51. The van der Waals surface area contributed by atoms with Gasteiger partial charge >= 0.3 is 0 Å². The van der Waals surface area contributed by atoms with Crippen molar-refractivity contribution in [3.8, 4) is 5.75 Å². The van der Waals surface area contributed by atoms with Crippen molar-refractivity contribution >= 4 is 23.5 Å². The van der Waals surface area contributed by atoms with Gasteiger partial charge < -0.3 is 10.5 Å². The van der Waals surface area contributed by atoms with Gasteiger partial charge in [-0.25, -0.2) is 0 Å². The van der Waals surface area contributed by atoms with Crippen LogP contribution in [0.15, 0.2) is 57.2 Å². The molecule has 0 saturated heterocycles. The first-order valence-electron chi connectivity index (χ1n) is 6.55. The minimum Gasteiger partial charge on any atom is -0.496 e. The van der Waals surface area contributed by atoms with Crippen molar-refractivity contribution in [1.82, 2.24) is 0 Å². The van der Waals surface area contributed by atoms with Crippen molar-refractivity contribution in [2.24, 2.45) is 5.73 Å². The number of ether oxygens (including phenoxy) is 1. The Labute approximate surface area is 129 Å². The standard InChI is InChI=1S/C16H19NOS2/c1-3-19-14-9-6-10-15(12(14)11-17)20-16-8-5-4-7-13(16)18-2/h4-10H,3,11,17H2,1-2H3. The van der Waals surface area contributed by atoms with Crippen LogP contribution in [0.5, 0.6) is 5.75 Å². The fourth-order valence-corrected chi connectivity index (χ4v) is 3.97. The Hall–Kier alpha value is -1.10. The largest absolute Gasteiger partial charge is 0.496 e. The number of rotatable bonds is 6. The maximum atomic E-state index is 5.95. The summed E-state index contributed by atoms with van der Waals surface area (Å²) in [5, 5.41) is 0. The Morgan fingerprint density at radius 1 is 1.00 bits per heavy atom. The fourth-order valence-electron chi connectivity index (χ4n) is 1.95. The first kappa shape index (κ1) is 15.3. The summed E-state index contributed by atoms with van der Waals surface area (Å²) in [6.45, 7) is 2.71. The lowest BCUT2D eigenvalue weighted by molar-refractivity contribution is 0.405. The predicted molar refractivity (Wildman–Crippen MR) is 87.8 cm³/mol. The molecule has 0 atom stereocenters. The van der Waals surface area contributed by atoms with Crippen LogP contribution in [0.4, 0.5) is 0 Å². The topological polar surface area (TPSA) is 35.2 Å². The third-order valence-corrected chi connectivity index (χ3v) is 5.02. The molecule has 0 saturated carbocycles. The van der Waals surface area contributed by atoms with Crippen LogP contribution >= 0.6 is 23.5 Å². The van der Waals surface area contributed by atoms with Crippen molar-refractivity contribution in [1.29, 1.82) is 0 Å². The zero-order valence-corrected chi connectivity index (χ0v) is 13.4. The number of hydrogen-bond acceptors (Lipinski definition) is 4. The highest BCUT2D eigenvalue weighted by Gasteiger charge is 2.10. The van der Waals surface area contributed by atoms with Gasteiger partial charge in [0.15, 0.2) is 0 Å². The van der Waals surface area contributed by atoms with Crippen LogP contribution in [0, 0.1) is 0 Å². The number of hydrogen-bond donors (Lipinski definition) is 1. The van der Waals surface area contributed by atoms with Crippen molar-refractivity contribution in [3.63, 3.8) is 0 Å². The van der Waals surface area contributed by atoms with Gasteiger partial charge in [0.2, 0.25) is 0 Å². The Kier molecular flexibility index (Phi) is 5.83. The second-order valence-electron chi connectivity index (χ2n) is 4.12. The van der Waals surface area contributed by atoms with Gasteiger partial charge in [-0.15, -0.1) is 11.8 Å². The van der Waals surface area contributed by atoms with Crippen molar-refractivity contribution in [2.45, 2.75) is 28.2 Å². The second kappa shape index (κ2) is 7.62. The Balaban J connectivity index is 2.35. The van der Waals surface area contributed by atoms with E-state index in [1.54, 1.807) is 18.9 Å². The Bertz CT molecular complexity index is 572. The van der Waals surface area contributed by atoms with E-state index in [0.29, 0.717) is 6.54 Å². The molecule has 4 heteroatoms. The van der Waals surface area contributed by atoms with Crippen LogP contribution < -0.4 is 10.5 Å². The van der Waals surface area contributed by atoms with Crippen molar-refractivity contribution < 1.29 is 4.74 Å². The molecule has 0 aliphatic rings. The molecule has 0 amide bonds. The number of thioether (sulfide) groups is 1. The quantitative estimate of drug-likeness (QED) is 0.801. The lowest BCUT2D eigenvalue weighted by atomic mass is 10.2. The second-order valence-corrected chi connectivity index (χ2v) is 6.51. The highest BCUT2D eigenvalue weighted by molar-refractivity contribution is 8.00. The Morgan fingerprint density at radius 3 is 2.40 bits per heavy atom. The summed E-state index contributed by atoms with van der Waals surface area (Å²) in [5.41, 5.74) is 7.17. The maximum absolute atomic E-state index is 5.95. The van der Waals surface area contributed by atoms with Crippen LogP contribution in [-0.4, -0.2) is 12.9 Å². The van der Waals surface area contributed by atoms with Crippen molar-refractivity contribution in [2.75, 3.05) is 12.9 Å². The molecular weight excluding hydrogens is 286 g/mol. The average Bonchev–Trinajstić information content (AvgIpc) is 2.48. The van der Waals surface area contributed by atoms with Gasteiger partial charge in [-0.05, 0) is 35.6 Å². The normalized spacial score (nSPS) is 10.6. The lowest BCUT2D eigenvalue weighted by Gasteiger charge is -2.13. The average molecular weight is 305 g/mol. The van der Waals surface area contributed by atoms with Crippen LogP contribution in [0.25, 0.3) is 0 Å². The van der Waals surface area contributed by atoms with E-state index in [9.17, 15) is 0 Å². The maximum Gasteiger partial charge on any atom is 0.132 e. The first-order valence-corrected chi connectivity index (χ1v) is 8.36. The van der Waals surface area contributed by atoms with Gasteiger partial charge in [0.1, 0.15) is 5.75 Å². The molecule has 0 aromatic heterocycles. The molecule has 106 valence electrons. The van der Waals surface area contributed by atoms with Gasteiger partial charge in [0, 0.05) is 16.3 Å². The third-order valence-electron chi connectivity index (χ3n) is 2.88. The SMILES string of the molecule is CCSc1cccc(Sc2ccccc2OC)c1CN. The molecule has 0 unspecified atom stereocenters. The lowest BCUT2D eigenvalue weighted by Crippen LogP contribution is -2.01. The molecule has 0 bridgehead atoms. The number of para-hydroxylation sites is 1. The van der Waals surface area contributed by atoms with E-state index in [0.717, 1.165) is 16.4 Å². The van der Waals surface area contributed by atoms with E-state index >= 15 is 0 Å². The van der Waals surface area contributed by atoms with Gasteiger partial charge in [0.25, 0.3) is 0 Å². The van der Waals surface area contributed by atoms with Crippen LogP contribution in [0.3, 0.4) is 0 Å². The van der Waals surface area contributed by atoms with E-state index < -0.39 is 0 Å². The molecular formula is C16H19NOS2. The smallest absolute Gasteiger partial charge is 0.132 e. The molecule has 2 aromatic rings. The van der Waals surface area contributed by atoms with E-state index in [-0.39, 0.29) is 0 Å². The summed E-state index contributed by atoms with van der Waals surface area (Å²) in [6, 6.07) is 14.4. The van der Waals surface area contributed by atoms with Gasteiger partial charge in [0.05, 0.1) is 12.0 Å². The number of benzene rings is 2. The summed E-state index contributed by atoms with van der Waals surface area (Å²) < 4.78 is 5.41. The van der Waals surface area contributed by atoms with Crippen LogP contribution in [0.1, 0.15) is 12.5 Å². The van der Waals surface area contributed by atoms with E-state index in [4.69, 9.17) is 10.5 Å². The molecule has 2 N–H and O–H groups in total. The summed E-state index contributed by atoms with van der Waals surface area (Å²) in [7, 11) is 1.70. The molecule has 20 heavy (non-hydrogen) atoms. The highest BCUT2D eigenvalue weighted by Crippen LogP contribution is 2.38. The zero-order chi connectivity index (χ0) is 14.4. The van der Waals surface area contributed by atoms with E-state index in [2.05, 4.69) is 31.2 Å². The summed E-state index contributed by atoms with van der Waals surface area (Å²) >= 11 is 3.55. The summed E-state index contributed by atoms with van der Waals surface area (Å²) in [6.07, 6.45) is 0. The first-order chi connectivity index (χ1) is 9.80. The van der Waals surface area contributed by atoms with Crippen molar-refractivity contribution in [3.05, 3.63) is 48.0 Å². The monoisotopic (exact) mass is 305 g/mol. The summed E-state index contributed by atoms with van der Waals surface area (Å²) in [4.78, 5) is 3.59. The number of methoxy groups -OCH3 is 1. The Morgan fingerprint density at radius 2 is 1.70 bits per heavy atom. The van der Waals surface area contributed by atoms with E-state index in [1.165, 1.54) is 15.4 Å². The minimum atomic E-state index is 0.556. The molecule has 0 heterocycles. The predicted octanol–water partition coefficient (Wildman–Crippen LogP) is 4.42. The molecule has 2 rings (SSSR count). The molecule has 0 radical (unpaired) electrons. The summed E-state index contributed by atoms with van der Waals surface area (Å²) in [5.74, 6) is 1.95. The molecule has 0 aliphatic heterocycles. The molecule has 2 aromatic carbocycles. The van der Waals surface area contributed by atoms with Gasteiger partial charge in [-0.3, -0.25) is 0 Å². The van der Waals surface area contributed by atoms with E-state index in [1.807, 2.05) is 30.0 Å². The highest BCUT2D eigenvalue weighted by atomic mass is 32.2. The minimum absolute atomic E-state index is 0.556. The fraction of sp³-hybridized carbons (Fsp3) is 0.250. The molecule has 0 spiro atoms. The van der Waals surface area contributed by atoms with Gasteiger partial charge in [-0.2, -0.15) is 0 Å². The van der Waals surface area contributed by atoms with Crippen LogP contribution in [-0.2, 0) is 6.54 Å². The molecule has 2 nitrogen and oxygen atoms in total. The van der Waals surface area contributed by atoms with Gasteiger partial charge in [-0.1, -0.05) is 36.9 Å².